The van der Waals surface area contributed by atoms with Crippen LogP contribution < -0.4 is 5.73 Å². The molecule has 1 aliphatic carbocycles. The van der Waals surface area contributed by atoms with Crippen molar-refractivity contribution in [2.75, 3.05) is 26.6 Å². The maximum absolute atomic E-state index is 11.4. The van der Waals surface area contributed by atoms with Crippen molar-refractivity contribution >= 4 is 39.8 Å². The van der Waals surface area contributed by atoms with Gasteiger partial charge in [-0.25, -0.2) is 21.0 Å². The number of nitrogen functional groups attached to an aromatic ring is 1. The van der Waals surface area contributed by atoms with Gasteiger partial charge >= 0.3 is 31.1 Å². The Labute approximate surface area is 347 Å². The Morgan fingerprint density at radius 1 is 1.19 bits per heavy atom. The number of anilines is 1. The van der Waals surface area contributed by atoms with E-state index in [4.69, 9.17) is 20.2 Å². The standard InChI is InChI=1S/C23H29N5OS.C13H21NO3.C5H12.U/c1-5-6-7-10-19-26-13-11-17(28-19)15(2)27-22(29-4)23(3)12-8-9-18-20(23)16(14-24)21(25)30-18;1-5-6-9-17-12(14)8-7-11(10(2)3)13(15)16-4;1-4-5(2)3;/h11,13H,2,5-10,12,25H2,1,3-4H3;8,10-11H,5-6,9H2,1-4H3;5H,4H2,1-3H3;/q;-2;;+2/t23-;;;/m0.../s1. The van der Waals surface area contributed by atoms with Gasteiger partial charge in [-0.3, -0.25) is 10.9 Å². The molecule has 0 fully saturated rings. The number of aromatic nitrogens is 2. The molecule has 0 aromatic carbocycles. The number of carbonyl (C=O) groups is 1. The van der Waals surface area contributed by atoms with Gasteiger partial charge in [0, 0.05) is 29.0 Å². The Balaban J connectivity index is 0.000000998. The number of unbranched alkanes of at least 4 members (excludes halogenated alkanes) is 3. The van der Waals surface area contributed by atoms with Crippen LogP contribution in [0.4, 0.5) is 5.00 Å². The fraction of sp³-hybridized carbons (Fsp3) is 0.610. The summed E-state index contributed by atoms with van der Waals surface area (Å²) in [5.41, 5.74) is 8.33. The van der Waals surface area contributed by atoms with Crippen LogP contribution in [0, 0.1) is 66.3 Å². The predicted octanol–water partition coefficient (Wildman–Crippen LogP) is 9.66. The number of ether oxygens (including phenoxy) is 3. The van der Waals surface area contributed by atoms with Crippen molar-refractivity contribution in [3.8, 4) is 6.07 Å². The average molecular weight is 973 g/mol. The first-order chi connectivity index (χ1) is 24.7. The molecule has 0 amide bonds. The summed E-state index contributed by atoms with van der Waals surface area (Å²) in [6.07, 6.45) is 16.0. The zero-order chi connectivity index (χ0) is 39.3. The second-order valence-corrected chi connectivity index (χ2v) is 14.9. The second-order valence-electron chi connectivity index (χ2n) is 13.7. The van der Waals surface area contributed by atoms with Gasteiger partial charge in [0.05, 0.1) is 43.2 Å². The molecule has 290 valence electrons. The minimum absolute atomic E-state index is 0. The summed E-state index contributed by atoms with van der Waals surface area (Å²) in [7, 11) is 2.95. The molecule has 12 heteroatoms. The monoisotopic (exact) mass is 973 g/mol. The maximum atomic E-state index is 11.4. The molecule has 3 rings (SSSR count). The van der Waals surface area contributed by atoms with E-state index in [1.165, 1.54) is 30.9 Å². The van der Waals surface area contributed by atoms with Crippen LogP contribution in [0.2, 0.25) is 0 Å². The summed E-state index contributed by atoms with van der Waals surface area (Å²) in [5, 5.41) is 19.6. The molecule has 0 bridgehead atoms. The van der Waals surface area contributed by atoms with Crippen molar-refractivity contribution in [3.63, 3.8) is 0 Å². The Kier molecular flexibility index (Phi) is 25.2. The molecule has 2 aromatic rings. The number of thiophene rings is 1. The number of methoxy groups -OCH3 is 2. The number of nitriles is 1. The van der Waals surface area contributed by atoms with E-state index in [1.54, 1.807) is 13.3 Å². The Morgan fingerprint density at radius 3 is 2.40 bits per heavy atom. The normalized spacial score (nSPS) is 15.5. The first kappa shape index (κ1) is 50.0. The number of aliphatic imine (C=N–C) groups is 1. The number of nitrogens with zero attached hydrogens (tertiary/aromatic N) is 5. The summed E-state index contributed by atoms with van der Waals surface area (Å²) < 4.78 is 15.4. The van der Waals surface area contributed by atoms with Gasteiger partial charge in [-0.2, -0.15) is 11.2 Å². The Hall–Kier alpha value is -2.99. The van der Waals surface area contributed by atoms with Crippen LogP contribution in [0.3, 0.4) is 0 Å². The molecular weight excluding hydrogens is 911 g/mol. The van der Waals surface area contributed by atoms with Crippen molar-refractivity contribution in [3.05, 3.63) is 63.9 Å². The van der Waals surface area contributed by atoms with E-state index >= 15 is 0 Å². The van der Waals surface area contributed by atoms with E-state index in [9.17, 15) is 15.5 Å². The van der Waals surface area contributed by atoms with E-state index < -0.39 is 11.3 Å². The first-order valence-corrected chi connectivity index (χ1v) is 19.4. The van der Waals surface area contributed by atoms with Crippen LogP contribution in [0.25, 0.3) is 11.1 Å². The van der Waals surface area contributed by atoms with E-state index in [-0.39, 0.29) is 48.9 Å². The molecule has 0 radical (unpaired) electrons. The van der Waals surface area contributed by atoms with E-state index in [1.807, 2.05) is 26.8 Å². The SMILES string of the molecule is C=C(N=C(OC)[C@@]1(C)CCCc2sc(N)c(C#N)c21)c1ccnc(CCCCC)n1.CCC(C)C.CCCCOC(=[N-])C=[C-]C(C(=O)OC)C(C)C.[U+2]. The molecule has 0 saturated heterocycles. The second kappa shape index (κ2) is 26.7. The molecule has 2 atom stereocenters. The minimum Gasteiger partial charge on any atom is -0.874 e. The van der Waals surface area contributed by atoms with Crippen molar-refractivity contribution in [2.45, 2.75) is 125 Å². The van der Waals surface area contributed by atoms with Gasteiger partial charge in [0.15, 0.2) is 5.90 Å². The Morgan fingerprint density at radius 2 is 1.85 bits per heavy atom. The largest absolute Gasteiger partial charge is 2.00 e. The molecule has 2 N–H and O–H groups in total. The molecule has 53 heavy (non-hydrogen) atoms. The summed E-state index contributed by atoms with van der Waals surface area (Å²) >= 11 is 1.50. The third-order valence-electron chi connectivity index (χ3n) is 8.73. The molecule has 0 aliphatic heterocycles. The average Bonchev–Trinajstić information content (AvgIpc) is 3.47. The van der Waals surface area contributed by atoms with Crippen molar-refractivity contribution in [1.82, 2.24) is 9.97 Å². The smallest absolute Gasteiger partial charge is 0.874 e. The molecule has 1 unspecified atom stereocenters. The van der Waals surface area contributed by atoms with Crippen molar-refractivity contribution in [1.29, 1.82) is 5.26 Å². The maximum Gasteiger partial charge on any atom is 2.00 e. The topological polar surface area (TPSA) is 155 Å². The van der Waals surface area contributed by atoms with Crippen molar-refractivity contribution in [2.24, 2.45) is 22.7 Å². The number of rotatable bonds is 15. The molecule has 10 nitrogen and oxygen atoms in total. The molecule has 2 aromatic heterocycles. The van der Waals surface area contributed by atoms with Crippen LogP contribution in [0.15, 0.2) is 29.9 Å². The molecular formula is C41H62N6O4SU. The number of carbonyl (C=O) groups excluding carboxylic acids is 1. The number of hydrogen-bond acceptors (Lipinski definition) is 10. The number of fused-ring (bicyclic) bond motifs is 1. The summed E-state index contributed by atoms with van der Waals surface area (Å²) in [6.45, 7) is 21.3. The van der Waals surface area contributed by atoms with Gasteiger partial charge in [0.2, 0.25) is 0 Å². The zero-order valence-electron chi connectivity index (χ0n) is 33.8. The van der Waals surface area contributed by atoms with E-state index in [2.05, 4.69) is 68.0 Å². The molecule has 1 aliphatic rings. The van der Waals surface area contributed by atoms with E-state index in [0.717, 1.165) is 80.0 Å². The molecule has 0 spiro atoms. The Bertz CT molecular complexity index is 1530. The van der Waals surface area contributed by atoms with Gasteiger partial charge in [0.1, 0.15) is 16.9 Å². The molecule has 0 saturated carbocycles. The van der Waals surface area contributed by atoms with Gasteiger partial charge in [0.25, 0.3) is 5.97 Å². The minimum atomic E-state index is -0.526. The van der Waals surface area contributed by atoms with Gasteiger partial charge in [-0.05, 0) is 56.9 Å². The van der Waals surface area contributed by atoms with E-state index in [0.29, 0.717) is 34.5 Å². The number of hydrogen-bond donors (Lipinski definition) is 1. The summed E-state index contributed by atoms with van der Waals surface area (Å²) in [5.74, 6) is 1.22. The van der Waals surface area contributed by atoms with Crippen LogP contribution >= 0.6 is 11.3 Å². The fourth-order valence-electron chi connectivity index (χ4n) is 5.28. The number of esters is 1. The van der Waals surface area contributed by atoms with Crippen molar-refractivity contribution < 1.29 is 50.1 Å². The van der Waals surface area contributed by atoms with Crippen LogP contribution in [-0.4, -0.2) is 48.6 Å². The number of aryl methyl sites for hydroxylation is 2. The third-order valence-corrected chi connectivity index (χ3v) is 9.81. The van der Waals surface area contributed by atoms with Crippen LogP contribution in [-0.2, 0) is 37.3 Å². The third kappa shape index (κ3) is 16.5. The van der Waals surface area contributed by atoms with Gasteiger partial charge in [-0.1, -0.05) is 80.7 Å². The summed E-state index contributed by atoms with van der Waals surface area (Å²) in [6, 6.07) is 4.11. The molecule has 2 heterocycles. The van der Waals surface area contributed by atoms with Crippen LogP contribution in [0.5, 0.6) is 0 Å². The van der Waals surface area contributed by atoms with Gasteiger partial charge in [-0.15, -0.1) is 11.3 Å². The predicted molar refractivity (Wildman–Crippen MR) is 215 cm³/mol. The zero-order valence-corrected chi connectivity index (χ0v) is 38.8. The first-order valence-electron chi connectivity index (χ1n) is 18.6. The number of nitrogens with two attached hydrogens (primary N) is 1. The summed E-state index contributed by atoms with van der Waals surface area (Å²) in [4.78, 5) is 26.3. The quantitative estimate of drug-likeness (QED) is 0.0609. The van der Waals surface area contributed by atoms with Gasteiger partial charge < -0.3 is 25.4 Å². The van der Waals surface area contributed by atoms with Crippen LogP contribution in [0.1, 0.15) is 134 Å². The fourth-order valence-corrected chi connectivity index (χ4v) is 6.47.